The Kier molecular flexibility index (Phi) is 7.04. The molecular weight excluding hydrogens is 258 g/mol. The summed E-state index contributed by atoms with van der Waals surface area (Å²) in [6.45, 7) is 4.53. The fraction of sp³-hybridized carbons (Fsp3) is 0.533. The van der Waals surface area contributed by atoms with Crippen molar-refractivity contribution in [2.75, 3.05) is 32.9 Å². The summed E-state index contributed by atoms with van der Waals surface area (Å²) in [6.07, 6.45) is 0.229. The minimum Gasteiger partial charge on any atom is -0.493 e. The summed E-state index contributed by atoms with van der Waals surface area (Å²) in [5.41, 5.74) is 2.21. The zero-order chi connectivity index (χ0) is 15.0. The van der Waals surface area contributed by atoms with Gasteiger partial charge in [-0.05, 0) is 25.5 Å². The van der Waals surface area contributed by atoms with E-state index in [9.17, 15) is 4.79 Å². The highest BCUT2D eigenvalue weighted by molar-refractivity contribution is 5.76. The van der Waals surface area contributed by atoms with E-state index < -0.39 is 0 Å². The molecule has 0 aliphatic rings. The van der Waals surface area contributed by atoms with E-state index in [0.717, 1.165) is 11.3 Å². The number of aryl methyl sites for hydroxylation is 2. The lowest BCUT2D eigenvalue weighted by Crippen LogP contribution is -2.36. The van der Waals surface area contributed by atoms with Gasteiger partial charge >= 0.3 is 0 Å². The van der Waals surface area contributed by atoms with Crippen LogP contribution in [0.4, 0.5) is 0 Å². The van der Waals surface area contributed by atoms with Crippen LogP contribution in [0.25, 0.3) is 0 Å². The number of carbonyl (C=O) groups is 1. The van der Waals surface area contributed by atoms with Crippen LogP contribution in [0.3, 0.4) is 0 Å². The van der Waals surface area contributed by atoms with Gasteiger partial charge in [0.2, 0.25) is 5.91 Å². The molecule has 0 fully saturated rings. The molecule has 0 spiro atoms. The van der Waals surface area contributed by atoms with Crippen LogP contribution in [0.15, 0.2) is 18.2 Å². The average Bonchev–Trinajstić information content (AvgIpc) is 2.41. The van der Waals surface area contributed by atoms with Crippen molar-refractivity contribution in [2.24, 2.45) is 0 Å². The monoisotopic (exact) mass is 281 g/mol. The number of rotatable bonds is 8. The molecule has 0 bridgehead atoms. The zero-order valence-corrected chi connectivity index (χ0v) is 12.1. The van der Waals surface area contributed by atoms with Crippen molar-refractivity contribution in [1.82, 2.24) is 4.90 Å². The van der Waals surface area contributed by atoms with Gasteiger partial charge in [0.15, 0.2) is 0 Å². The molecule has 2 N–H and O–H groups in total. The van der Waals surface area contributed by atoms with Gasteiger partial charge in [-0.3, -0.25) is 4.79 Å². The average molecular weight is 281 g/mol. The van der Waals surface area contributed by atoms with Crippen LogP contribution in [0, 0.1) is 13.8 Å². The Balaban J connectivity index is 2.44. The van der Waals surface area contributed by atoms with E-state index >= 15 is 0 Å². The second-order valence-electron chi connectivity index (χ2n) is 4.70. The first-order valence-electron chi connectivity index (χ1n) is 6.78. The molecule has 1 aromatic carbocycles. The van der Waals surface area contributed by atoms with E-state index in [2.05, 4.69) is 0 Å². The van der Waals surface area contributed by atoms with E-state index in [-0.39, 0.29) is 45.2 Å². The molecule has 0 saturated heterocycles. The van der Waals surface area contributed by atoms with E-state index in [1.165, 1.54) is 10.5 Å². The number of ether oxygens (including phenoxy) is 1. The minimum atomic E-state index is -0.127. The number of nitrogens with zero attached hydrogens (tertiary/aromatic N) is 1. The van der Waals surface area contributed by atoms with Crippen molar-refractivity contribution in [1.29, 1.82) is 0 Å². The van der Waals surface area contributed by atoms with Crippen molar-refractivity contribution in [3.63, 3.8) is 0 Å². The summed E-state index contributed by atoms with van der Waals surface area (Å²) in [5, 5.41) is 17.7. The maximum absolute atomic E-state index is 11.9. The van der Waals surface area contributed by atoms with Crippen LogP contribution < -0.4 is 4.74 Å². The Bertz CT molecular complexity index is 428. The lowest BCUT2D eigenvalue weighted by Gasteiger charge is -2.20. The van der Waals surface area contributed by atoms with Gasteiger partial charge in [-0.25, -0.2) is 0 Å². The Hall–Kier alpha value is -1.59. The molecule has 112 valence electrons. The topological polar surface area (TPSA) is 70.0 Å². The molecule has 20 heavy (non-hydrogen) atoms. The summed E-state index contributed by atoms with van der Waals surface area (Å²) in [5.74, 6) is 0.650. The molecule has 5 nitrogen and oxygen atoms in total. The molecule has 0 radical (unpaired) electrons. The fourth-order valence-corrected chi connectivity index (χ4v) is 1.97. The third-order valence-electron chi connectivity index (χ3n) is 3.00. The molecule has 0 heterocycles. The summed E-state index contributed by atoms with van der Waals surface area (Å²) < 4.78 is 5.60. The van der Waals surface area contributed by atoms with Crippen LogP contribution in [0.2, 0.25) is 0 Å². The Morgan fingerprint density at radius 2 is 1.85 bits per heavy atom. The predicted octanol–water partition coefficient (Wildman–Crippen LogP) is 0.886. The number of aliphatic hydroxyl groups excluding tert-OH is 2. The lowest BCUT2D eigenvalue weighted by molar-refractivity contribution is -0.132. The standard InChI is InChI=1S/C15H23NO4/c1-12-3-4-14(13(2)11-12)20-10-5-15(19)16(6-8-17)7-9-18/h3-4,11,17-18H,5-10H2,1-2H3. The highest BCUT2D eigenvalue weighted by Gasteiger charge is 2.12. The van der Waals surface area contributed by atoms with Crippen molar-refractivity contribution in [3.8, 4) is 5.75 Å². The van der Waals surface area contributed by atoms with Crippen molar-refractivity contribution in [3.05, 3.63) is 29.3 Å². The van der Waals surface area contributed by atoms with Crippen molar-refractivity contribution >= 4 is 5.91 Å². The van der Waals surface area contributed by atoms with Gasteiger partial charge in [-0.15, -0.1) is 0 Å². The van der Waals surface area contributed by atoms with Gasteiger partial charge < -0.3 is 19.8 Å². The van der Waals surface area contributed by atoms with Gasteiger partial charge in [0.05, 0.1) is 26.2 Å². The summed E-state index contributed by atoms with van der Waals surface area (Å²) >= 11 is 0. The molecule has 0 aliphatic carbocycles. The first kappa shape index (κ1) is 16.5. The number of aliphatic hydroxyl groups is 2. The van der Waals surface area contributed by atoms with Gasteiger partial charge in [-0.1, -0.05) is 17.7 Å². The Labute approximate surface area is 119 Å². The summed E-state index contributed by atoms with van der Waals surface area (Å²) in [6, 6.07) is 5.89. The zero-order valence-electron chi connectivity index (χ0n) is 12.1. The van der Waals surface area contributed by atoms with Gasteiger partial charge in [-0.2, -0.15) is 0 Å². The molecule has 0 saturated carbocycles. The molecule has 0 atom stereocenters. The SMILES string of the molecule is Cc1ccc(OCCC(=O)N(CCO)CCO)c(C)c1. The van der Waals surface area contributed by atoms with Crippen LogP contribution in [0.1, 0.15) is 17.5 Å². The number of amides is 1. The van der Waals surface area contributed by atoms with Gasteiger partial charge in [0, 0.05) is 13.1 Å². The van der Waals surface area contributed by atoms with Gasteiger partial charge in [0.1, 0.15) is 5.75 Å². The molecule has 1 rings (SSSR count). The van der Waals surface area contributed by atoms with E-state index in [1.807, 2.05) is 32.0 Å². The van der Waals surface area contributed by atoms with Crippen molar-refractivity contribution < 1.29 is 19.7 Å². The van der Waals surface area contributed by atoms with Gasteiger partial charge in [0.25, 0.3) is 0 Å². The number of carbonyl (C=O) groups excluding carboxylic acids is 1. The van der Waals surface area contributed by atoms with Crippen LogP contribution in [-0.2, 0) is 4.79 Å². The normalized spacial score (nSPS) is 10.4. The third kappa shape index (κ3) is 5.19. The highest BCUT2D eigenvalue weighted by atomic mass is 16.5. The maximum atomic E-state index is 11.9. The first-order valence-corrected chi connectivity index (χ1v) is 6.78. The third-order valence-corrected chi connectivity index (χ3v) is 3.00. The van der Waals surface area contributed by atoms with E-state index in [4.69, 9.17) is 14.9 Å². The molecule has 1 aromatic rings. The summed E-state index contributed by atoms with van der Waals surface area (Å²) in [7, 11) is 0. The molecule has 5 heteroatoms. The second-order valence-corrected chi connectivity index (χ2v) is 4.70. The lowest BCUT2D eigenvalue weighted by atomic mass is 10.1. The molecule has 1 amide bonds. The Morgan fingerprint density at radius 3 is 2.40 bits per heavy atom. The van der Waals surface area contributed by atoms with Crippen LogP contribution >= 0.6 is 0 Å². The number of benzene rings is 1. The summed E-state index contributed by atoms with van der Waals surface area (Å²) in [4.78, 5) is 13.3. The number of hydrogen-bond donors (Lipinski definition) is 2. The van der Waals surface area contributed by atoms with Crippen LogP contribution in [0.5, 0.6) is 5.75 Å². The molecule has 0 aromatic heterocycles. The van der Waals surface area contributed by atoms with E-state index in [0.29, 0.717) is 0 Å². The molecule has 0 unspecified atom stereocenters. The predicted molar refractivity (Wildman–Crippen MR) is 76.8 cm³/mol. The highest BCUT2D eigenvalue weighted by Crippen LogP contribution is 2.18. The molecular formula is C15H23NO4. The molecule has 0 aliphatic heterocycles. The van der Waals surface area contributed by atoms with E-state index in [1.54, 1.807) is 0 Å². The number of hydrogen-bond acceptors (Lipinski definition) is 4. The Morgan fingerprint density at radius 1 is 1.20 bits per heavy atom. The van der Waals surface area contributed by atoms with Crippen LogP contribution in [-0.4, -0.2) is 53.9 Å². The first-order chi connectivity index (χ1) is 9.58. The maximum Gasteiger partial charge on any atom is 0.226 e. The minimum absolute atomic E-state index is 0.107. The largest absolute Gasteiger partial charge is 0.493 e. The smallest absolute Gasteiger partial charge is 0.226 e. The quantitative estimate of drug-likeness (QED) is 0.742. The second kappa shape index (κ2) is 8.55. The fourth-order valence-electron chi connectivity index (χ4n) is 1.97. The van der Waals surface area contributed by atoms with Crippen molar-refractivity contribution in [2.45, 2.75) is 20.3 Å².